The third-order valence-electron chi connectivity index (χ3n) is 3.71. The standard InChI is InChI=1S/C16H34N2O2/c1-5-7-8-9-10-11-12-20-14(3)13-16(4,15(17)19)18-6-2/h14,18H,5-13H2,1-4H3,(H2,17,19). The summed E-state index contributed by atoms with van der Waals surface area (Å²) in [6.45, 7) is 9.56. The highest BCUT2D eigenvalue weighted by molar-refractivity contribution is 5.84. The summed E-state index contributed by atoms with van der Waals surface area (Å²) in [5.41, 5.74) is 4.80. The van der Waals surface area contributed by atoms with E-state index in [0.29, 0.717) is 6.42 Å². The molecule has 1 amide bonds. The molecular formula is C16H34N2O2. The zero-order valence-corrected chi connectivity index (χ0v) is 13.8. The first-order valence-electron chi connectivity index (χ1n) is 8.12. The minimum Gasteiger partial charge on any atom is -0.378 e. The molecule has 0 aromatic carbocycles. The number of ether oxygens (including phenoxy) is 1. The number of rotatable bonds is 13. The zero-order valence-electron chi connectivity index (χ0n) is 13.8. The molecule has 0 heterocycles. The molecule has 0 aliphatic rings. The van der Waals surface area contributed by atoms with Gasteiger partial charge >= 0.3 is 0 Å². The summed E-state index contributed by atoms with van der Waals surface area (Å²) in [5, 5.41) is 3.16. The third-order valence-corrected chi connectivity index (χ3v) is 3.71. The molecule has 0 bridgehead atoms. The van der Waals surface area contributed by atoms with Gasteiger partial charge in [-0.1, -0.05) is 46.0 Å². The fraction of sp³-hybridized carbons (Fsp3) is 0.938. The van der Waals surface area contributed by atoms with Crippen molar-refractivity contribution in [2.75, 3.05) is 13.2 Å². The van der Waals surface area contributed by atoms with Crippen LogP contribution in [-0.4, -0.2) is 30.7 Å². The van der Waals surface area contributed by atoms with E-state index in [9.17, 15) is 4.79 Å². The molecule has 4 nitrogen and oxygen atoms in total. The predicted octanol–water partition coefficient (Wildman–Crippen LogP) is 3.00. The average molecular weight is 286 g/mol. The lowest BCUT2D eigenvalue weighted by atomic mass is 9.94. The minimum atomic E-state index is -0.671. The Hall–Kier alpha value is -0.610. The van der Waals surface area contributed by atoms with Crippen molar-refractivity contribution in [3.05, 3.63) is 0 Å². The van der Waals surface area contributed by atoms with Gasteiger partial charge < -0.3 is 15.8 Å². The highest BCUT2D eigenvalue weighted by Crippen LogP contribution is 2.15. The normalized spacial score (nSPS) is 15.8. The molecule has 0 fully saturated rings. The van der Waals surface area contributed by atoms with Crippen molar-refractivity contribution in [1.29, 1.82) is 0 Å². The van der Waals surface area contributed by atoms with Crippen molar-refractivity contribution in [1.82, 2.24) is 5.32 Å². The highest BCUT2D eigenvalue weighted by atomic mass is 16.5. The van der Waals surface area contributed by atoms with Crippen LogP contribution in [0.15, 0.2) is 0 Å². The second-order valence-electron chi connectivity index (χ2n) is 5.88. The van der Waals surface area contributed by atoms with Gasteiger partial charge in [0.15, 0.2) is 0 Å². The second-order valence-corrected chi connectivity index (χ2v) is 5.88. The molecule has 0 aliphatic carbocycles. The quantitative estimate of drug-likeness (QED) is 0.512. The number of hydrogen-bond acceptors (Lipinski definition) is 3. The number of unbranched alkanes of at least 4 members (excludes halogenated alkanes) is 5. The Morgan fingerprint density at radius 3 is 2.35 bits per heavy atom. The third kappa shape index (κ3) is 8.54. The Balaban J connectivity index is 3.80. The lowest BCUT2D eigenvalue weighted by Crippen LogP contribution is -2.54. The van der Waals surface area contributed by atoms with Crippen LogP contribution < -0.4 is 11.1 Å². The maximum atomic E-state index is 11.5. The summed E-state index contributed by atoms with van der Waals surface area (Å²) in [5.74, 6) is -0.311. The molecule has 0 spiro atoms. The molecule has 4 heteroatoms. The van der Waals surface area contributed by atoms with Crippen LogP contribution in [0.2, 0.25) is 0 Å². The van der Waals surface area contributed by atoms with E-state index < -0.39 is 5.54 Å². The van der Waals surface area contributed by atoms with Crippen LogP contribution in [0.3, 0.4) is 0 Å². The number of nitrogens with two attached hydrogens (primary N) is 1. The molecule has 0 aliphatic heterocycles. The van der Waals surface area contributed by atoms with E-state index in [-0.39, 0.29) is 12.0 Å². The molecule has 0 aromatic heterocycles. The molecule has 0 rings (SSSR count). The summed E-state index contributed by atoms with van der Waals surface area (Å²) >= 11 is 0. The van der Waals surface area contributed by atoms with E-state index in [4.69, 9.17) is 10.5 Å². The van der Waals surface area contributed by atoms with Crippen LogP contribution in [-0.2, 0) is 9.53 Å². The Morgan fingerprint density at radius 1 is 1.20 bits per heavy atom. The van der Waals surface area contributed by atoms with Crippen LogP contribution in [0.25, 0.3) is 0 Å². The number of primary amides is 1. The number of likely N-dealkylation sites (N-methyl/N-ethyl adjacent to an activating group) is 1. The molecule has 2 unspecified atom stereocenters. The first-order chi connectivity index (χ1) is 9.46. The van der Waals surface area contributed by atoms with Gasteiger partial charge in [-0.15, -0.1) is 0 Å². The van der Waals surface area contributed by atoms with Gasteiger partial charge in [-0.25, -0.2) is 0 Å². The number of hydrogen-bond donors (Lipinski definition) is 2. The van der Waals surface area contributed by atoms with Crippen LogP contribution in [0.5, 0.6) is 0 Å². The zero-order chi connectivity index (χ0) is 15.4. The summed E-state index contributed by atoms with van der Waals surface area (Å²) < 4.78 is 5.79. The van der Waals surface area contributed by atoms with Gasteiger partial charge in [-0.3, -0.25) is 4.79 Å². The van der Waals surface area contributed by atoms with Crippen molar-refractivity contribution in [2.24, 2.45) is 5.73 Å². The lowest BCUT2D eigenvalue weighted by Gasteiger charge is -2.29. The smallest absolute Gasteiger partial charge is 0.237 e. The summed E-state index contributed by atoms with van der Waals surface area (Å²) in [4.78, 5) is 11.5. The highest BCUT2D eigenvalue weighted by Gasteiger charge is 2.31. The van der Waals surface area contributed by atoms with Gasteiger partial charge in [0.2, 0.25) is 5.91 Å². The SMILES string of the molecule is CCCCCCCCOC(C)CC(C)(NCC)C(N)=O. The Kier molecular flexibility index (Phi) is 10.8. The van der Waals surface area contributed by atoms with Crippen molar-refractivity contribution >= 4 is 5.91 Å². The molecule has 0 saturated heterocycles. The van der Waals surface area contributed by atoms with E-state index in [2.05, 4.69) is 12.2 Å². The molecule has 120 valence electrons. The lowest BCUT2D eigenvalue weighted by molar-refractivity contribution is -0.125. The fourth-order valence-electron chi connectivity index (χ4n) is 2.45. The average Bonchev–Trinajstić information content (AvgIpc) is 2.37. The van der Waals surface area contributed by atoms with Gasteiger partial charge in [0.1, 0.15) is 0 Å². The van der Waals surface area contributed by atoms with Gasteiger partial charge in [0, 0.05) is 13.0 Å². The largest absolute Gasteiger partial charge is 0.378 e. The van der Waals surface area contributed by atoms with Crippen LogP contribution >= 0.6 is 0 Å². The van der Waals surface area contributed by atoms with Crippen molar-refractivity contribution in [3.8, 4) is 0 Å². The van der Waals surface area contributed by atoms with Crippen LogP contribution in [0.4, 0.5) is 0 Å². The van der Waals surface area contributed by atoms with Gasteiger partial charge in [-0.05, 0) is 26.8 Å². The summed E-state index contributed by atoms with van der Waals surface area (Å²) in [6.07, 6.45) is 8.22. The van der Waals surface area contributed by atoms with Gasteiger partial charge in [-0.2, -0.15) is 0 Å². The van der Waals surface area contributed by atoms with E-state index in [1.165, 1.54) is 32.1 Å². The molecule has 2 atom stereocenters. The van der Waals surface area contributed by atoms with Crippen molar-refractivity contribution < 1.29 is 9.53 Å². The summed E-state index contributed by atoms with van der Waals surface area (Å²) in [7, 11) is 0. The maximum absolute atomic E-state index is 11.5. The van der Waals surface area contributed by atoms with E-state index in [1.54, 1.807) is 0 Å². The fourth-order valence-corrected chi connectivity index (χ4v) is 2.45. The van der Waals surface area contributed by atoms with Crippen molar-refractivity contribution in [3.63, 3.8) is 0 Å². The second kappa shape index (κ2) is 11.1. The molecule has 0 radical (unpaired) electrons. The molecule has 0 saturated carbocycles. The minimum absolute atomic E-state index is 0.0437. The molecule has 3 N–H and O–H groups in total. The monoisotopic (exact) mass is 286 g/mol. The predicted molar refractivity (Wildman–Crippen MR) is 84.7 cm³/mol. The number of carbonyl (C=O) groups excluding carboxylic acids is 1. The Morgan fingerprint density at radius 2 is 1.80 bits per heavy atom. The molecular weight excluding hydrogens is 252 g/mol. The Bertz CT molecular complexity index is 259. The number of amides is 1. The summed E-state index contributed by atoms with van der Waals surface area (Å²) in [6, 6.07) is 0. The number of nitrogens with one attached hydrogen (secondary N) is 1. The Labute approximate surface area is 124 Å². The first-order valence-corrected chi connectivity index (χ1v) is 8.12. The molecule has 0 aromatic rings. The van der Waals surface area contributed by atoms with E-state index >= 15 is 0 Å². The van der Waals surface area contributed by atoms with Gasteiger partial charge in [0.05, 0.1) is 11.6 Å². The van der Waals surface area contributed by atoms with Crippen LogP contribution in [0.1, 0.15) is 72.6 Å². The van der Waals surface area contributed by atoms with Gasteiger partial charge in [0.25, 0.3) is 0 Å². The topological polar surface area (TPSA) is 64.3 Å². The van der Waals surface area contributed by atoms with E-state index in [1.807, 2.05) is 20.8 Å². The number of carbonyl (C=O) groups is 1. The van der Waals surface area contributed by atoms with E-state index in [0.717, 1.165) is 19.6 Å². The van der Waals surface area contributed by atoms with Crippen LogP contribution in [0, 0.1) is 0 Å². The first kappa shape index (κ1) is 19.4. The maximum Gasteiger partial charge on any atom is 0.237 e. The van der Waals surface area contributed by atoms with Crippen molar-refractivity contribution in [2.45, 2.75) is 84.3 Å². The molecule has 20 heavy (non-hydrogen) atoms.